The van der Waals surface area contributed by atoms with Crippen LogP contribution in [0.15, 0.2) is 23.6 Å². The van der Waals surface area contributed by atoms with Gasteiger partial charge in [-0.25, -0.2) is 0 Å². The van der Waals surface area contributed by atoms with Crippen molar-refractivity contribution in [3.8, 4) is 0 Å². The molecule has 0 aliphatic carbocycles. The zero-order chi connectivity index (χ0) is 13.8. The number of aryl methyl sites for hydroxylation is 2. The molecule has 2 aromatic heterocycles. The van der Waals surface area contributed by atoms with Gasteiger partial charge in [-0.05, 0) is 37.4 Å². The Hall–Kier alpha value is -1.88. The standard InChI is InChI=1S/C14H17N3OS/c1-9-4-5-12(10(2)16-9)15-8-14-13(6-7-19-14)17-11(3)18/h4-7,15H,8H2,1-3H3,(H,17,18). The first-order valence-electron chi connectivity index (χ1n) is 6.08. The van der Waals surface area contributed by atoms with Crippen LogP contribution in [-0.2, 0) is 11.3 Å². The molecule has 4 nitrogen and oxygen atoms in total. The lowest BCUT2D eigenvalue weighted by Crippen LogP contribution is -2.08. The average Bonchev–Trinajstić information content (AvgIpc) is 2.74. The maximum Gasteiger partial charge on any atom is 0.221 e. The maximum atomic E-state index is 11.1. The number of anilines is 2. The van der Waals surface area contributed by atoms with E-state index in [0.29, 0.717) is 6.54 Å². The Kier molecular flexibility index (Phi) is 4.16. The van der Waals surface area contributed by atoms with E-state index in [1.807, 2.05) is 37.4 Å². The smallest absolute Gasteiger partial charge is 0.221 e. The number of nitrogens with zero attached hydrogens (tertiary/aromatic N) is 1. The summed E-state index contributed by atoms with van der Waals surface area (Å²) in [6.07, 6.45) is 0. The van der Waals surface area contributed by atoms with Gasteiger partial charge < -0.3 is 10.6 Å². The molecule has 2 heterocycles. The molecular formula is C14H17N3OS. The fourth-order valence-electron chi connectivity index (χ4n) is 1.83. The van der Waals surface area contributed by atoms with E-state index in [9.17, 15) is 4.79 Å². The lowest BCUT2D eigenvalue weighted by molar-refractivity contribution is -0.114. The van der Waals surface area contributed by atoms with E-state index in [0.717, 1.165) is 27.6 Å². The summed E-state index contributed by atoms with van der Waals surface area (Å²) in [5, 5.41) is 8.16. The van der Waals surface area contributed by atoms with E-state index in [1.165, 1.54) is 6.92 Å². The van der Waals surface area contributed by atoms with Crippen LogP contribution in [-0.4, -0.2) is 10.9 Å². The van der Waals surface area contributed by atoms with Crippen LogP contribution in [0.5, 0.6) is 0 Å². The minimum Gasteiger partial charge on any atom is -0.379 e. The Labute approximate surface area is 116 Å². The molecule has 0 saturated heterocycles. The predicted molar refractivity (Wildman–Crippen MR) is 79.7 cm³/mol. The van der Waals surface area contributed by atoms with E-state index in [4.69, 9.17) is 0 Å². The predicted octanol–water partition coefficient (Wildman–Crippen LogP) is 3.33. The normalized spacial score (nSPS) is 10.3. The van der Waals surface area contributed by atoms with Crippen LogP contribution in [0.4, 0.5) is 11.4 Å². The second-order valence-corrected chi connectivity index (χ2v) is 5.38. The third-order valence-electron chi connectivity index (χ3n) is 2.72. The van der Waals surface area contributed by atoms with E-state index < -0.39 is 0 Å². The van der Waals surface area contributed by atoms with Crippen molar-refractivity contribution in [1.82, 2.24) is 4.98 Å². The molecule has 0 saturated carbocycles. The number of carbonyl (C=O) groups excluding carboxylic acids is 1. The summed E-state index contributed by atoms with van der Waals surface area (Å²) < 4.78 is 0. The van der Waals surface area contributed by atoms with Crippen LogP contribution < -0.4 is 10.6 Å². The zero-order valence-corrected chi connectivity index (χ0v) is 12.1. The molecule has 2 rings (SSSR count). The first-order chi connectivity index (χ1) is 9.06. The van der Waals surface area contributed by atoms with E-state index in [2.05, 4.69) is 15.6 Å². The van der Waals surface area contributed by atoms with E-state index in [-0.39, 0.29) is 5.91 Å². The fraction of sp³-hybridized carbons (Fsp3) is 0.286. The summed E-state index contributed by atoms with van der Waals surface area (Å²) in [5.41, 5.74) is 3.89. The van der Waals surface area contributed by atoms with Gasteiger partial charge in [-0.1, -0.05) is 0 Å². The van der Waals surface area contributed by atoms with Gasteiger partial charge in [0.1, 0.15) is 0 Å². The average molecular weight is 275 g/mol. The minimum absolute atomic E-state index is 0.0483. The molecule has 0 unspecified atom stereocenters. The summed E-state index contributed by atoms with van der Waals surface area (Å²) >= 11 is 1.62. The van der Waals surface area contributed by atoms with Crippen molar-refractivity contribution < 1.29 is 4.79 Å². The Bertz CT molecular complexity index is 592. The van der Waals surface area contributed by atoms with E-state index >= 15 is 0 Å². The molecule has 0 aromatic carbocycles. The summed E-state index contributed by atoms with van der Waals surface area (Å²) in [5.74, 6) is -0.0483. The Morgan fingerprint density at radius 2 is 2.05 bits per heavy atom. The van der Waals surface area contributed by atoms with Crippen molar-refractivity contribution >= 4 is 28.6 Å². The van der Waals surface area contributed by atoms with E-state index in [1.54, 1.807) is 11.3 Å². The highest BCUT2D eigenvalue weighted by atomic mass is 32.1. The van der Waals surface area contributed by atoms with Gasteiger partial charge in [0.15, 0.2) is 0 Å². The molecule has 2 aromatic rings. The van der Waals surface area contributed by atoms with Crippen LogP contribution in [0.1, 0.15) is 23.2 Å². The quantitative estimate of drug-likeness (QED) is 0.900. The largest absolute Gasteiger partial charge is 0.379 e. The molecule has 0 bridgehead atoms. The van der Waals surface area contributed by atoms with Gasteiger partial charge in [0.25, 0.3) is 0 Å². The molecule has 2 N–H and O–H groups in total. The van der Waals surface area contributed by atoms with Gasteiger partial charge in [-0.2, -0.15) is 0 Å². The maximum absolute atomic E-state index is 11.1. The molecule has 0 spiro atoms. The zero-order valence-electron chi connectivity index (χ0n) is 11.3. The van der Waals surface area contributed by atoms with Crippen molar-refractivity contribution in [3.63, 3.8) is 0 Å². The van der Waals surface area contributed by atoms with Crippen LogP contribution in [0, 0.1) is 13.8 Å². The lowest BCUT2D eigenvalue weighted by Gasteiger charge is -2.10. The lowest BCUT2D eigenvalue weighted by atomic mass is 10.2. The van der Waals surface area contributed by atoms with Crippen molar-refractivity contribution in [1.29, 1.82) is 0 Å². The number of rotatable bonds is 4. The summed E-state index contributed by atoms with van der Waals surface area (Å²) in [6, 6.07) is 5.94. The Morgan fingerprint density at radius 3 is 2.74 bits per heavy atom. The summed E-state index contributed by atoms with van der Waals surface area (Å²) in [4.78, 5) is 16.6. The third kappa shape index (κ3) is 3.54. The number of amides is 1. The molecule has 0 fully saturated rings. The van der Waals surface area contributed by atoms with Crippen molar-refractivity contribution in [3.05, 3.63) is 39.8 Å². The number of hydrogen-bond acceptors (Lipinski definition) is 4. The monoisotopic (exact) mass is 275 g/mol. The van der Waals surface area contributed by atoms with Gasteiger partial charge in [-0.3, -0.25) is 9.78 Å². The molecule has 0 aliphatic heterocycles. The number of pyridine rings is 1. The molecule has 100 valence electrons. The highest BCUT2D eigenvalue weighted by Gasteiger charge is 2.06. The van der Waals surface area contributed by atoms with Crippen molar-refractivity contribution in [2.75, 3.05) is 10.6 Å². The van der Waals surface area contributed by atoms with Crippen LogP contribution in [0.3, 0.4) is 0 Å². The molecule has 5 heteroatoms. The summed E-state index contributed by atoms with van der Waals surface area (Å²) in [7, 11) is 0. The SMILES string of the molecule is CC(=O)Nc1ccsc1CNc1ccc(C)nc1C. The van der Waals surface area contributed by atoms with Gasteiger partial charge in [-0.15, -0.1) is 11.3 Å². The number of aromatic nitrogens is 1. The van der Waals surface area contributed by atoms with Gasteiger partial charge in [0.2, 0.25) is 5.91 Å². The van der Waals surface area contributed by atoms with Gasteiger partial charge >= 0.3 is 0 Å². The van der Waals surface area contributed by atoms with Crippen molar-refractivity contribution in [2.24, 2.45) is 0 Å². The molecular weight excluding hydrogens is 258 g/mol. The summed E-state index contributed by atoms with van der Waals surface area (Å²) in [6.45, 7) is 6.16. The molecule has 1 amide bonds. The highest BCUT2D eigenvalue weighted by Crippen LogP contribution is 2.24. The minimum atomic E-state index is -0.0483. The van der Waals surface area contributed by atoms with Crippen LogP contribution in [0.2, 0.25) is 0 Å². The highest BCUT2D eigenvalue weighted by molar-refractivity contribution is 7.10. The molecule has 0 radical (unpaired) electrons. The number of nitrogens with one attached hydrogen (secondary N) is 2. The first kappa shape index (κ1) is 13.5. The molecule has 19 heavy (non-hydrogen) atoms. The van der Waals surface area contributed by atoms with Crippen LogP contribution >= 0.6 is 11.3 Å². The van der Waals surface area contributed by atoms with Gasteiger partial charge in [0.05, 0.1) is 23.6 Å². The third-order valence-corrected chi connectivity index (χ3v) is 3.64. The number of thiophene rings is 1. The Morgan fingerprint density at radius 1 is 1.26 bits per heavy atom. The number of hydrogen-bond donors (Lipinski definition) is 2. The topological polar surface area (TPSA) is 54.0 Å². The number of carbonyl (C=O) groups is 1. The Balaban J connectivity index is 2.06. The van der Waals surface area contributed by atoms with Crippen molar-refractivity contribution in [2.45, 2.75) is 27.3 Å². The van der Waals surface area contributed by atoms with Gasteiger partial charge in [0, 0.05) is 17.5 Å². The molecule has 0 atom stereocenters. The second-order valence-electron chi connectivity index (χ2n) is 4.38. The molecule has 0 aliphatic rings. The second kappa shape index (κ2) is 5.84. The fourth-order valence-corrected chi connectivity index (χ4v) is 2.60. The van der Waals surface area contributed by atoms with Crippen LogP contribution in [0.25, 0.3) is 0 Å². The first-order valence-corrected chi connectivity index (χ1v) is 6.96.